The maximum atomic E-state index is 9.35. The molecule has 1 unspecified atom stereocenters. The highest BCUT2D eigenvalue weighted by molar-refractivity contribution is 5.27. The van der Waals surface area contributed by atoms with Gasteiger partial charge in [0.05, 0.1) is 0 Å². The van der Waals surface area contributed by atoms with Gasteiger partial charge >= 0.3 is 0 Å². The summed E-state index contributed by atoms with van der Waals surface area (Å²) in [5.74, 6) is 1.23. The Bertz CT molecular complexity index is 382. The van der Waals surface area contributed by atoms with E-state index in [9.17, 15) is 5.11 Å². The number of phenolic OH excluding ortho intramolecular Hbond substituents is 1. The van der Waals surface area contributed by atoms with E-state index in [0.717, 1.165) is 18.9 Å². The molecule has 3 nitrogen and oxygen atoms in total. The minimum atomic E-state index is 0.343. The van der Waals surface area contributed by atoms with Crippen LogP contribution in [0.25, 0.3) is 0 Å². The SMILES string of the molecule is CCC(NCCC1CCN(C)CC1)c1ccc(O)cc1. The molecule has 1 saturated heterocycles. The molecule has 1 atom stereocenters. The molecule has 0 spiro atoms. The first-order valence-electron chi connectivity index (χ1n) is 7.90. The molecule has 2 N–H and O–H groups in total. The number of aromatic hydroxyl groups is 1. The number of rotatable bonds is 6. The number of nitrogens with one attached hydrogen (secondary N) is 1. The summed E-state index contributed by atoms with van der Waals surface area (Å²) in [5.41, 5.74) is 1.27. The van der Waals surface area contributed by atoms with Gasteiger partial charge in [-0.15, -0.1) is 0 Å². The molecule has 3 heteroatoms. The van der Waals surface area contributed by atoms with Crippen LogP contribution in [0.1, 0.15) is 44.2 Å². The standard InChI is InChI=1S/C17H28N2O/c1-3-17(15-4-6-16(20)7-5-15)18-11-8-14-9-12-19(2)13-10-14/h4-7,14,17-18,20H,3,8-13H2,1-2H3. The van der Waals surface area contributed by atoms with Crippen molar-refractivity contribution in [2.45, 2.75) is 38.6 Å². The zero-order valence-corrected chi connectivity index (χ0v) is 12.8. The second-order valence-electron chi connectivity index (χ2n) is 6.04. The van der Waals surface area contributed by atoms with Gasteiger partial charge in [0, 0.05) is 6.04 Å². The molecule has 2 rings (SSSR count). The van der Waals surface area contributed by atoms with Crippen molar-refractivity contribution in [1.82, 2.24) is 10.2 Å². The summed E-state index contributed by atoms with van der Waals surface area (Å²) in [4.78, 5) is 2.43. The van der Waals surface area contributed by atoms with Crippen molar-refractivity contribution >= 4 is 0 Å². The van der Waals surface area contributed by atoms with Crippen molar-refractivity contribution in [3.05, 3.63) is 29.8 Å². The molecule has 1 aliphatic heterocycles. The lowest BCUT2D eigenvalue weighted by Crippen LogP contribution is -2.32. The Morgan fingerprint density at radius 3 is 2.50 bits per heavy atom. The number of piperidine rings is 1. The van der Waals surface area contributed by atoms with Crippen molar-refractivity contribution < 1.29 is 5.11 Å². The highest BCUT2D eigenvalue weighted by Crippen LogP contribution is 2.22. The number of nitrogens with zero attached hydrogens (tertiary/aromatic N) is 1. The van der Waals surface area contributed by atoms with Gasteiger partial charge in [0.1, 0.15) is 5.75 Å². The lowest BCUT2D eigenvalue weighted by atomic mass is 9.93. The third kappa shape index (κ3) is 4.50. The van der Waals surface area contributed by atoms with Gasteiger partial charge in [0.2, 0.25) is 0 Å². The van der Waals surface area contributed by atoms with Gasteiger partial charge in [-0.2, -0.15) is 0 Å². The summed E-state index contributed by atoms with van der Waals surface area (Å²) < 4.78 is 0. The highest BCUT2D eigenvalue weighted by Gasteiger charge is 2.16. The summed E-state index contributed by atoms with van der Waals surface area (Å²) in [7, 11) is 2.21. The summed E-state index contributed by atoms with van der Waals surface area (Å²) >= 11 is 0. The van der Waals surface area contributed by atoms with E-state index < -0.39 is 0 Å². The molecule has 20 heavy (non-hydrogen) atoms. The van der Waals surface area contributed by atoms with Crippen molar-refractivity contribution in [3.8, 4) is 5.75 Å². The van der Waals surface area contributed by atoms with Gasteiger partial charge in [-0.05, 0) is 76.0 Å². The van der Waals surface area contributed by atoms with Crippen LogP contribution in [-0.4, -0.2) is 36.7 Å². The lowest BCUT2D eigenvalue weighted by Gasteiger charge is -2.29. The summed E-state index contributed by atoms with van der Waals surface area (Å²) in [6.45, 7) is 5.80. The summed E-state index contributed by atoms with van der Waals surface area (Å²) in [6, 6.07) is 7.99. The van der Waals surface area contributed by atoms with Crippen LogP contribution < -0.4 is 5.32 Å². The quantitative estimate of drug-likeness (QED) is 0.838. The number of benzene rings is 1. The van der Waals surface area contributed by atoms with E-state index in [1.807, 2.05) is 12.1 Å². The fraction of sp³-hybridized carbons (Fsp3) is 0.647. The second-order valence-corrected chi connectivity index (χ2v) is 6.04. The normalized spacial score (nSPS) is 19.1. The van der Waals surface area contributed by atoms with Crippen molar-refractivity contribution in [1.29, 1.82) is 0 Å². The van der Waals surface area contributed by atoms with Crippen LogP contribution in [0.3, 0.4) is 0 Å². The predicted octanol–water partition coefficient (Wildman–Crippen LogP) is 3.16. The van der Waals surface area contributed by atoms with E-state index in [4.69, 9.17) is 0 Å². The molecular weight excluding hydrogens is 248 g/mol. The Morgan fingerprint density at radius 2 is 1.90 bits per heavy atom. The van der Waals surface area contributed by atoms with Crippen LogP contribution in [0.2, 0.25) is 0 Å². The van der Waals surface area contributed by atoms with Crippen LogP contribution in [-0.2, 0) is 0 Å². The van der Waals surface area contributed by atoms with Gasteiger partial charge in [-0.3, -0.25) is 0 Å². The molecular formula is C17H28N2O. The average molecular weight is 276 g/mol. The average Bonchev–Trinajstić information content (AvgIpc) is 2.47. The fourth-order valence-electron chi connectivity index (χ4n) is 3.02. The van der Waals surface area contributed by atoms with E-state index in [-0.39, 0.29) is 0 Å². The van der Waals surface area contributed by atoms with Crippen LogP contribution in [0.15, 0.2) is 24.3 Å². The van der Waals surface area contributed by atoms with E-state index in [0.29, 0.717) is 11.8 Å². The topological polar surface area (TPSA) is 35.5 Å². The number of likely N-dealkylation sites (tertiary alicyclic amines) is 1. The van der Waals surface area contributed by atoms with Crippen LogP contribution >= 0.6 is 0 Å². The molecule has 1 aromatic carbocycles. The zero-order chi connectivity index (χ0) is 14.4. The van der Waals surface area contributed by atoms with Crippen LogP contribution in [0, 0.1) is 5.92 Å². The zero-order valence-electron chi connectivity index (χ0n) is 12.8. The maximum Gasteiger partial charge on any atom is 0.115 e. The molecule has 1 aromatic rings. The molecule has 0 saturated carbocycles. The Labute approximate surface area is 123 Å². The predicted molar refractivity (Wildman–Crippen MR) is 84.0 cm³/mol. The first-order valence-corrected chi connectivity index (χ1v) is 7.90. The van der Waals surface area contributed by atoms with Crippen LogP contribution in [0.4, 0.5) is 0 Å². The largest absolute Gasteiger partial charge is 0.508 e. The minimum Gasteiger partial charge on any atom is -0.508 e. The second kappa shape index (κ2) is 7.65. The van der Waals surface area contributed by atoms with Gasteiger partial charge in [0.25, 0.3) is 0 Å². The van der Waals surface area contributed by atoms with Crippen molar-refractivity contribution in [2.24, 2.45) is 5.92 Å². The van der Waals surface area contributed by atoms with Crippen LogP contribution in [0.5, 0.6) is 5.75 Å². The molecule has 0 aromatic heterocycles. The molecule has 1 fully saturated rings. The Kier molecular flexibility index (Phi) is 5.86. The molecule has 1 aliphatic rings. The smallest absolute Gasteiger partial charge is 0.115 e. The Hall–Kier alpha value is -1.06. The van der Waals surface area contributed by atoms with E-state index in [1.54, 1.807) is 12.1 Å². The Morgan fingerprint density at radius 1 is 1.25 bits per heavy atom. The van der Waals surface area contributed by atoms with E-state index in [1.165, 1.54) is 37.9 Å². The van der Waals surface area contributed by atoms with E-state index >= 15 is 0 Å². The summed E-state index contributed by atoms with van der Waals surface area (Å²) in [5, 5.41) is 13.0. The van der Waals surface area contributed by atoms with Gasteiger partial charge < -0.3 is 15.3 Å². The van der Waals surface area contributed by atoms with Gasteiger partial charge in [0.15, 0.2) is 0 Å². The first kappa shape index (κ1) is 15.3. The first-order chi connectivity index (χ1) is 9.69. The molecule has 0 bridgehead atoms. The lowest BCUT2D eigenvalue weighted by molar-refractivity contribution is 0.210. The van der Waals surface area contributed by atoms with Gasteiger partial charge in [-0.1, -0.05) is 19.1 Å². The molecule has 0 radical (unpaired) electrons. The number of phenols is 1. The Balaban J connectivity index is 1.75. The molecule has 0 amide bonds. The van der Waals surface area contributed by atoms with Crippen molar-refractivity contribution in [3.63, 3.8) is 0 Å². The van der Waals surface area contributed by atoms with E-state index in [2.05, 4.69) is 24.2 Å². The maximum absolute atomic E-state index is 9.35. The number of hydrogen-bond donors (Lipinski definition) is 2. The number of hydrogen-bond acceptors (Lipinski definition) is 3. The molecule has 1 heterocycles. The molecule has 112 valence electrons. The van der Waals surface area contributed by atoms with Crippen molar-refractivity contribution in [2.75, 3.05) is 26.7 Å². The molecule has 0 aliphatic carbocycles. The third-order valence-electron chi connectivity index (χ3n) is 4.49. The third-order valence-corrected chi connectivity index (χ3v) is 4.49. The minimum absolute atomic E-state index is 0.343. The summed E-state index contributed by atoms with van der Waals surface area (Å²) in [6.07, 6.45) is 5.04. The fourth-order valence-corrected chi connectivity index (χ4v) is 3.02. The highest BCUT2D eigenvalue weighted by atomic mass is 16.3. The van der Waals surface area contributed by atoms with Gasteiger partial charge in [-0.25, -0.2) is 0 Å². The monoisotopic (exact) mass is 276 g/mol.